The summed E-state index contributed by atoms with van der Waals surface area (Å²) in [4.78, 5) is 0.270. The summed E-state index contributed by atoms with van der Waals surface area (Å²) >= 11 is 5.96. The van der Waals surface area contributed by atoms with E-state index in [4.69, 9.17) is 17.3 Å². The van der Waals surface area contributed by atoms with E-state index in [0.29, 0.717) is 10.6 Å². The molecular formula is C13H19ClN2O2S. The molecule has 1 saturated carbocycles. The van der Waals surface area contributed by atoms with E-state index in [1.54, 1.807) is 25.2 Å². The van der Waals surface area contributed by atoms with Gasteiger partial charge in [0.2, 0.25) is 10.0 Å². The second kappa shape index (κ2) is 5.79. The highest BCUT2D eigenvalue weighted by Gasteiger charge is 2.30. The van der Waals surface area contributed by atoms with Crippen LogP contribution in [0.2, 0.25) is 5.02 Å². The Balaban J connectivity index is 2.33. The number of hydrogen-bond acceptors (Lipinski definition) is 3. The fourth-order valence-corrected chi connectivity index (χ4v) is 4.16. The summed E-state index contributed by atoms with van der Waals surface area (Å²) in [6.45, 7) is 0.231. The molecule has 1 aromatic carbocycles. The zero-order chi connectivity index (χ0) is 14.0. The number of sulfonamides is 1. The first-order valence-electron chi connectivity index (χ1n) is 6.43. The topological polar surface area (TPSA) is 63.4 Å². The van der Waals surface area contributed by atoms with Gasteiger partial charge < -0.3 is 5.73 Å². The standard InChI is InChI=1S/C13H19ClN2O2S/c1-16(11-4-2-3-5-11)19(17,18)12-6-7-13(14)10(8-12)9-15/h6-8,11H,2-5,9,15H2,1H3. The SMILES string of the molecule is CN(C1CCCC1)S(=O)(=O)c1ccc(Cl)c(CN)c1. The van der Waals surface area contributed by atoms with Crippen molar-refractivity contribution in [3.8, 4) is 0 Å². The van der Waals surface area contributed by atoms with Gasteiger partial charge in [0.1, 0.15) is 0 Å². The van der Waals surface area contributed by atoms with E-state index in [0.717, 1.165) is 25.7 Å². The van der Waals surface area contributed by atoms with E-state index in [2.05, 4.69) is 0 Å². The molecule has 0 saturated heterocycles. The van der Waals surface area contributed by atoms with Crippen LogP contribution in [0.25, 0.3) is 0 Å². The van der Waals surface area contributed by atoms with Crippen molar-refractivity contribution >= 4 is 21.6 Å². The Kier molecular flexibility index (Phi) is 4.50. The monoisotopic (exact) mass is 302 g/mol. The van der Waals surface area contributed by atoms with Crippen LogP contribution in [-0.2, 0) is 16.6 Å². The predicted molar refractivity (Wildman–Crippen MR) is 76.5 cm³/mol. The van der Waals surface area contributed by atoms with Gasteiger partial charge >= 0.3 is 0 Å². The first-order chi connectivity index (χ1) is 8.96. The van der Waals surface area contributed by atoms with Gasteiger partial charge in [-0.05, 0) is 36.6 Å². The van der Waals surface area contributed by atoms with Crippen LogP contribution in [0.4, 0.5) is 0 Å². The molecule has 0 radical (unpaired) electrons. The molecule has 1 aromatic rings. The number of rotatable bonds is 4. The van der Waals surface area contributed by atoms with Crippen LogP contribution in [0.5, 0.6) is 0 Å². The summed E-state index contributed by atoms with van der Waals surface area (Å²) in [5.74, 6) is 0. The van der Waals surface area contributed by atoms with E-state index in [-0.39, 0.29) is 17.5 Å². The molecule has 0 bridgehead atoms. The number of benzene rings is 1. The molecule has 4 nitrogen and oxygen atoms in total. The van der Waals surface area contributed by atoms with E-state index in [1.165, 1.54) is 4.31 Å². The number of hydrogen-bond donors (Lipinski definition) is 1. The van der Waals surface area contributed by atoms with Gasteiger partial charge in [-0.1, -0.05) is 24.4 Å². The van der Waals surface area contributed by atoms with Crippen molar-refractivity contribution in [3.05, 3.63) is 28.8 Å². The fraction of sp³-hybridized carbons (Fsp3) is 0.538. The third-order valence-corrected chi connectivity index (χ3v) is 6.03. The number of nitrogens with zero attached hydrogens (tertiary/aromatic N) is 1. The summed E-state index contributed by atoms with van der Waals surface area (Å²) in [6, 6.07) is 4.83. The molecular weight excluding hydrogens is 284 g/mol. The molecule has 0 aliphatic heterocycles. The minimum absolute atomic E-state index is 0.113. The lowest BCUT2D eigenvalue weighted by atomic mass is 10.2. The maximum atomic E-state index is 12.5. The van der Waals surface area contributed by atoms with Crippen molar-refractivity contribution in [2.24, 2.45) is 5.73 Å². The van der Waals surface area contributed by atoms with Crippen molar-refractivity contribution in [1.82, 2.24) is 4.31 Å². The van der Waals surface area contributed by atoms with Gasteiger partial charge in [-0.2, -0.15) is 4.31 Å². The van der Waals surface area contributed by atoms with Crippen LogP contribution < -0.4 is 5.73 Å². The van der Waals surface area contributed by atoms with Crippen LogP contribution in [0.3, 0.4) is 0 Å². The first-order valence-corrected chi connectivity index (χ1v) is 8.25. The lowest BCUT2D eigenvalue weighted by molar-refractivity contribution is 0.373. The fourth-order valence-electron chi connectivity index (χ4n) is 2.50. The van der Waals surface area contributed by atoms with Gasteiger partial charge in [-0.15, -0.1) is 0 Å². The Morgan fingerprint density at radius 2 is 2.00 bits per heavy atom. The molecule has 6 heteroatoms. The molecule has 19 heavy (non-hydrogen) atoms. The van der Waals surface area contributed by atoms with Gasteiger partial charge in [-0.25, -0.2) is 8.42 Å². The molecule has 0 amide bonds. The van der Waals surface area contributed by atoms with E-state index >= 15 is 0 Å². The third-order valence-electron chi connectivity index (χ3n) is 3.75. The molecule has 0 atom stereocenters. The average Bonchev–Trinajstić information content (AvgIpc) is 2.91. The van der Waals surface area contributed by atoms with Crippen LogP contribution >= 0.6 is 11.6 Å². The predicted octanol–water partition coefficient (Wildman–Crippen LogP) is 2.36. The molecule has 2 N–H and O–H groups in total. The maximum absolute atomic E-state index is 12.5. The van der Waals surface area contributed by atoms with Crippen LogP contribution in [0.15, 0.2) is 23.1 Å². The zero-order valence-corrected chi connectivity index (χ0v) is 12.5. The Morgan fingerprint density at radius 3 is 2.58 bits per heavy atom. The van der Waals surface area contributed by atoms with E-state index in [9.17, 15) is 8.42 Å². The van der Waals surface area contributed by atoms with Gasteiger partial charge in [0.05, 0.1) is 4.90 Å². The molecule has 1 aliphatic rings. The Hall–Kier alpha value is -0.620. The Morgan fingerprint density at radius 1 is 1.37 bits per heavy atom. The minimum atomic E-state index is -3.45. The minimum Gasteiger partial charge on any atom is -0.326 e. The second-order valence-electron chi connectivity index (χ2n) is 4.92. The highest BCUT2D eigenvalue weighted by atomic mass is 35.5. The summed E-state index contributed by atoms with van der Waals surface area (Å²) in [5, 5.41) is 0.505. The Labute approximate surface area is 119 Å². The number of nitrogens with two attached hydrogens (primary N) is 1. The molecule has 1 aliphatic carbocycles. The second-order valence-corrected chi connectivity index (χ2v) is 7.32. The van der Waals surface area contributed by atoms with Crippen molar-refractivity contribution in [1.29, 1.82) is 0 Å². The average molecular weight is 303 g/mol. The number of halogens is 1. The largest absolute Gasteiger partial charge is 0.326 e. The molecule has 106 valence electrons. The van der Waals surface area contributed by atoms with Crippen molar-refractivity contribution in [3.63, 3.8) is 0 Å². The van der Waals surface area contributed by atoms with Crippen LogP contribution in [0.1, 0.15) is 31.2 Å². The quantitative estimate of drug-likeness (QED) is 0.928. The van der Waals surface area contributed by atoms with E-state index < -0.39 is 10.0 Å². The molecule has 1 fully saturated rings. The van der Waals surface area contributed by atoms with Gasteiger partial charge in [-0.3, -0.25) is 0 Å². The maximum Gasteiger partial charge on any atom is 0.243 e. The van der Waals surface area contributed by atoms with Crippen molar-refractivity contribution in [2.75, 3.05) is 7.05 Å². The van der Waals surface area contributed by atoms with Crippen molar-refractivity contribution in [2.45, 2.75) is 43.2 Å². The van der Waals surface area contributed by atoms with Crippen LogP contribution in [0, 0.1) is 0 Å². The summed E-state index contributed by atoms with van der Waals surface area (Å²) in [6.07, 6.45) is 4.07. The van der Waals surface area contributed by atoms with E-state index in [1.807, 2.05) is 0 Å². The highest BCUT2D eigenvalue weighted by molar-refractivity contribution is 7.89. The van der Waals surface area contributed by atoms with Gasteiger partial charge in [0.15, 0.2) is 0 Å². The van der Waals surface area contributed by atoms with Gasteiger partial charge in [0, 0.05) is 24.7 Å². The lowest BCUT2D eigenvalue weighted by Gasteiger charge is -2.24. The summed E-state index contributed by atoms with van der Waals surface area (Å²) in [7, 11) is -1.80. The molecule has 0 aromatic heterocycles. The third kappa shape index (κ3) is 2.94. The Bertz CT molecular complexity index is 554. The molecule has 0 heterocycles. The summed E-state index contributed by atoms with van der Waals surface area (Å²) in [5.41, 5.74) is 6.22. The molecule has 2 rings (SSSR count). The van der Waals surface area contributed by atoms with Gasteiger partial charge in [0.25, 0.3) is 0 Å². The zero-order valence-electron chi connectivity index (χ0n) is 11.0. The smallest absolute Gasteiger partial charge is 0.243 e. The lowest BCUT2D eigenvalue weighted by Crippen LogP contribution is -2.35. The molecule has 0 spiro atoms. The molecule has 0 unspecified atom stereocenters. The first kappa shape index (κ1) is 14.8. The summed E-state index contributed by atoms with van der Waals surface area (Å²) < 4.78 is 26.6. The normalized spacial score (nSPS) is 17.3. The van der Waals surface area contributed by atoms with Crippen molar-refractivity contribution < 1.29 is 8.42 Å². The van der Waals surface area contributed by atoms with Crippen LogP contribution in [-0.4, -0.2) is 25.8 Å². The highest BCUT2D eigenvalue weighted by Crippen LogP contribution is 2.28.